The molecule has 0 heterocycles. The monoisotopic (exact) mass is 487 g/mol. The number of fused-ring (bicyclic) bond motifs is 5. The largest absolute Gasteiger partial charge is 0.466 e. The molecule has 3 saturated carbocycles. The first-order valence-electron chi connectivity index (χ1n) is 14.8. The van der Waals surface area contributed by atoms with Crippen molar-refractivity contribution in [3.8, 4) is 0 Å². The van der Waals surface area contributed by atoms with Gasteiger partial charge >= 0.3 is 5.97 Å². The maximum Gasteiger partial charge on any atom is 0.307 e. The number of hydrogen-bond donors (Lipinski definition) is 2. The summed E-state index contributed by atoms with van der Waals surface area (Å²) >= 11 is 0. The van der Waals surface area contributed by atoms with E-state index in [0.717, 1.165) is 49.5 Å². The van der Waals surface area contributed by atoms with Crippen molar-refractivity contribution >= 4 is 5.97 Å². The summed E-state index contributed by atoms with van der Waals surface area (Å²) in [6.45, 7) is 14.7. The lowest BCUT2D eigenvalue weighted by Crippen LogP contribution is -2.51. The lowest BCUT2D eigenvalue weighted by Gasteiger charge is -2.58. The number of carbonyl (C=O) groups is 1. The van der Waals surface area contributed by atoms with Gasteiger partial charge in [0, 0.05) is 12.6 Å². The minimum Gasteiger partial charge on any atom is -0.466 e. The van der Waals surface area contributed by atoms with Crippen LogP contribution in [0.1, 0.15) is 112 Å². The maximum absolute atomic E-state index is 11.7. The summed E-state index contributed by atoms with van der Waals surface area (Å²) < 4.78 is 5.08. The Bertz CT molecular complexity index is 785. The zero-order valence-corrected chi connectivity index (χ0v) is 23.5. The number of hydrogen-bond acceptors (Lipinski definition) is 4. The van der Waals surface area contributed by atoms with Crippen LogP contribution >= 0.6 is 0 Å². The van der Waals surface area contributed by atoms with Gasteiger partial charge in [-0.25, -0.2) is 0 Å². The van der Waals surface area contributed by atoms with Gasteiger partial charge in [-0.05, 0) is 125 Å². The molecule has 4 heteroatoms. The summed E-state index contributed by atoms with van der Waals surface area (Å²) in [5, 5.41) is 13.9. The molecule has 0 bridgehead atoms. The van der Waals surface area contributed by atoms with Gasteiger partial charge in [0.1, 0.15) is 0 Å². The predicted molar refractivity (Wildman–Crippen MR) is 143 cm³/mol. The summed E-state index contributed by atoms with van der Waals surface area (Å²) in [6.07, 6.45) is 15.7. The molecule has 4 aliphatic carbocycles. The first kappa shape index (κ1) is 27.2. The smallest absolute Gasteiger partial charge is 0.307 e. The lowest BCUT2D eigenvalue weighted by molar-refractivity contribution is -0.143. The van der Waals surface area contributed by atoms with Gasteiger partial charge in [0.15, 0.2) is 0 Å². The molecule has 0 aliphatic heterocycles. The standard InChI is InChI=1S/C31H53NO3/c1-7-35-28(33)15-19-32-23-13-17-30(5)22(20-23)8-9-24-26-11-10-25(21(2)12-16-29(3,4)34)31(26,6)18-14-27(24)30/h8,21,23-27,32,34H,7,9-20H2,1-6H3. The third kappa shape index (κ3) is 5.54. The van der Waals surface area contributed by atoms with Crippen molar-refractivity contribution in [2.24, 2.45) is 40.4 Å². The average molecular weight is 488 g/mol. The van der Waals surface area contributed by atoms with Crippen LogP contribution < -0.4 is 5.32 Å². The van der Waals surface area contributed by atoms with Gasteiger partial charge in [-0.1, -0.05) is 32.4 Å². The molecule has 8 unspecified atom stereocenters. The summed E-state index contributed by atoms with van der Waals surface area (Å²) in [6, 6.07) is 0.502. The van der Waals surface area contributed by atoms with Crippen molar-refractivity contribution in [2.75, 3.05) is 13.2 Å². The molecule has 4 aliphatic rings. The van der Waals surface area contributed by atoms with Crippen molar-refractivity contribution in [2.45, 2.75) is 124 Å². The molecule has 35 heavy (non-hydrogen) atoms. The van der Waals surface area contributed by atoms with Crippen molar-refractivity contribution in [3.05, 3.63) is 11.6 Å². The molecule has 4 nitrogen and oxygen atoms in total. The van der Waals surface area contributed by atoms with Crippen LogP contribution in [0.2, 0.25) is 0 Å². The summed E-state index contributed by atoms with van der Waals surface area (Å²) in [5.41, 5.74) is 2.01. The van der Waals surface area contributed by atoms with Gasteiger partial charge in [0.25, 0.3) is 0 Å². The van der Waals surface area contributed by atoms with Crippen LogP contribution in [0, 0.1) is 40.4 Å². The second-order valence-electron chi connectivity index (χ2n) is 13.8. The van der Waals surface area contributed by atoms with E-state index in [1.807, 2.05) is 20.8 Å². The second kappa shape index (κ2) is 10.5. The molecule has 0 spiro atoms. The lowest BCUT2D eigenvalue weighted by atomic mass is 9.47. The number of rotatable bonds is 9. The number of ether oxygens (including phenoxy) is 1. The Morgan fingerprint density at radius 3 is 2.69 bits per heavy atom. The third-order valence-corrected chi connectivity index (χ3v) is 11.1. The Labute approximate surface area is 215 Å². The molecule has 0 aromatic rings. The Morgan fingerprint density at radius 1 is 1.20 bits per heavy atom. The number of aliphatic hydroxyl groups is 1. The maximum atomic E-state index is 11.7. The first-order valence-corrected chi connectivity index (χ1v) is 14.8. The van der Waals surface area contributed by atoms with Crippen molar-refractivity contribution in [1.82, 2.24) is 5.32 Å². The zero-order chi connectivity index (χ0) is 25.4. The van der Waals surface area contributed by atoms with Gasteiger partial charge in [0.05, 0.1) is 18.6 Å². The van der Waals surface area contributed by atoms with Crippen LogP contribution in [-0.4, -0.2) is 35.9 Å². The highest BCUT2D eigenvalue weighted by atomic mass is 16.5. The van der Waals surface area contributed by atoms with E-state index >= 15 is 0 Å². The number of esters is 1. The molecule has 4 rings (SSSR count). The highest BCUT2D eigenvalue weighted by Crippen LogP contribution is 2.67. The fraction of sp³-hybridized carbons (Fsp3) is 0.903. The highest BCUT2D eigenvalue weighted by Gasteiger charge is 2.59. The van der Waals surface area contributed by atoms with Crippen LogP contribution in [0.4, 0.5) is 0 Å². The normalized spacial score (nSPS) is 39.7. The number of nitrogens with one attached hydrogen (secondary N) is 1. The molecular weight excluding hydrogens is 434 g/mol. The second-order valence-corrected chi connectivity index (χ2v) is 13.8. The molecule has 200 valence electrons. The van der Waals surface area contributed by atoms with Gasteiger partial charge in [0.2, 0.25) is 0 Å². The summed E-state index contributed by atoms with van der Waals surface area (Å²) in [4.78, 5) is 11.7. The number of allylic oxidation sites excluding steroid dienone is 1. The first-order chi connectivity index (χ1) is 16.5. The van der Waals surface area contributed by atoms with Gasteiger partial charge in [-0.3, -0.25) is 4.79 Å². The van der Waals surface area contributed by atoms with E-state index in [9.17, 15) is 9.90 Å². The van der Waals surface area contributed by atoms with Crippen LogP contribution in [0.25, 0.3) is 0 Å². The van der Waals surface area contributed by atoms with Crippen LogP contribution in [0.3, 0.4) is 0 Å². The Kier molecular flexibility index (Phi) is 8.14. The molecule has 8 atom stereocenters. The third-order valence-electron chi connectivity index (χ3n) is 11.1. The van der Waals surface area contributed by atoms with E-state index < -0.39 is 5.60 Å². The summed E-state index contributed by atoms with van der Waals surface area (Å²) in [5.74, 6) is 3.98. The number of carbonyl (C=O) groups excluding carboxylic acids is 1. The Morgan fingerprint density at radius 2 is 1.97 bits per heavy atom. The fourth-order valence-electron chi connectivity index (χ4n) is 9.20. The van der Waals surface area contributed by atoms with E-state index in [4.69, 9.17) is 4.74 Å². The van der Waals surface area contributed by atoms with E-state index in [2.05, 4.69) is 32.2 Å². The van der Waals surface area contributed by atoms with Gasteiger partial charge in [-0.2, -0.15) is 0 Å². The molecule has 2 N–H and O–H groups in total. The molecular formula is C31H53NO3. The molecule has 0 aromatic heterocycles. The van der Waals surface area contributed by atoms with E-state index in [1.54, 1.807) is 5.57 Å². The molecule has 0 aromatic carbocycles. The molecule has 0 saturated heterocycles. The van der Waals surface area contributed by atoms with E-state index in [0.29, 0.717) is 35.8 Å². The Balaban J connectivity index is 1.39. The minimum absolute atomic E-state index is 0.0881. The van der Waals surface area contributed by atoms with Gasteiger partial charge < -0.3 is 15.2 Å². The quantitative estimate of drug-likeness (QED) is 0.282. The van der Waals surface area contributed by atoms with Crippen molar-refractivity contribution < 1.29 is 14.6 Å². The zero-order valence-electron chi connectivity index (χ0n) is 23.5. The minimum atomic E-state index is -0.545. The van der Waals surface area contributed by atoms with E-state index in [1.165, 1.54) is 44.9 Å². The highest BCUT2D eigenvalue weighted by molar-refractivity contribution is 5.69. The van der Waals surface area contributed by atoms with Crippen LogP contribution in [0.5, 0.6) is 0 Å². The SMILES string of the molecule is CCOC(=O)CCNC1CCC2(C)C(=CCC3C2CCC2(C)C(C(C)CCC(C)(C)O)CCC32)C1. The fourth-order valence-corrected chi connectivity index (χ4v) is 9.20. The molecule has 0 radical (unpaired) electrons. The van der Waals surface area contributed by atoms with Crippen LogP contribution in [0.15, 0.2) is 11.6 Å². The van der Waals surface area contributed by atoms with E-state index in [-0.39, 0.29) is 5.97 Å². The summed E-state index contributed by atoms with van der Waals surface area (Å²) in [7, 11) is 0. The molecule has 3 fully saturated rings. The average Bonchev–Trinajstić information content (AvgIpc) is 3.14. The topological polar surface area (TPSA) is 58.6 Å². The van der Waals surface area contributed by atoms with Crippen molar-refractivity contribution in [3.63, 3.8) is 0 Å². The molecule has 0 amide bonds. The van der Waals surface area contributed by atoms with Gasteiger partial charge in [-0.15, -0.1) is 0 Å². The van der Waals surface area contributed by atoms with Crippen LogP contribution in [-0.2, 0) is 9.53 Å². The van der Waals surface area contributed by atoms with Crippen molar-refractivity contribution in [1.29, 1.82) is 0 Å². The Hall–Kier alpha value is -0.870. The predicted octanol–water partition coefficient (Wildman–Crippen LogP) is 6.66.